The van der Waals surface area contributed by atoms with Crippen LogP contribution in [0.4, 0.5) is 5.00 Å². The minimum Gasteiger partial charge on any atom is -0.458 e. The third-order valence-corrected chi connectivity index (χ3v) is 1.70. The van der Waals surface area contributed by atoms with Gasteiger partial charge in [0.1, 0.15) is 5.00 Å². The molecule has 0 aromatic carbocycles. The molecule has 0 aliphatic rings. The molecular weight excluding hydrogens is 176 g/mol. The predicted molar refractivity (Wildman–Crippen MR) is 47.1 cm³/mol. The average Bonchev–Trinajstić information content (AvgIpc) is 2.34. The summed E-state index contributed by atoms with van der Waals surface area (Å²) in [6.45, 7) is 3.57. The lowest BCUT2D eigenvalue weighted by Crippen LogP contribution is -2.11. The monoisotopic (exact) mass is 186 g/mol. The van der Waals surface area contributed by atoms with Crippen molar-refractivity contribution in [2.45, 2.75) is 20.0 Å². The Labute approximate surface area is 74.5 Å². The van der Waals surface area contributed by atoms with Gasteiger partial charge in [-0.15, -0.1) is 0 Å². The molecule has 5 heteroatoms. The number of hydrogen-bond acceptors (Lipinski definition) is 5. The minimum absolute atomic E-state index is 0.125. The van der Waals surface area contributed by atoms with E-state index in [9.17, 15) is 4.79 Å². The molecule has 0 spiro atoms. The first-order valence-corrected chi connectivity index (χ1v) is 4.30. The lowest BCUT2D eigenvalue weighted by atomic mass is 10.4. The van der Waals surface area contributed by atoms with E-state index in [0.29, 0.717) is 5.00 Å². The van der Waals surface area contributed by atoms with E-state index in [-0.39, 0.29) is 11.8 Å². The van der Waals surface area contributed by atoms with E-state index >= 15 is 0 Å². The highest BCUT2D eigenvalue weighted by atomic mass is 32.1. The summed E-state index contributed by atoms with van der Waals surface area (Å²) in [4.78, 5) is 11.1. The summed E-state index contributed by atoms with van der Waals surface area (Å²) in [6, 6.07) is 1.51. The molecule has 0 saturated carbocycles. The summed E-state index contributed by atoms with van der Waals surface area (Å²) in [5.74, 6) is -0.419. The first-order valence-electron chi connectivity index (χ1n) is 3.52. The maximum Gasteiger partial charge on any atom is 0.358 e. The second kappa shape index (κ2) is 3.53. The van der Waals surface area contributed by atoms with Crippen LogP contribution < -0.4 is 5.73 Å². The van der Waals surface area contributed by atoms with E-state index in [4.69, 9.17) is 10.5 Å². The molecule has 4 nitrogen and oxygen atoms in total. The Morgan fingerprint density at radius 2 is 2.42 bits per heavy atom. The molecule has 0 unspecified atom stereocenters. The van der Waals surface area contributed by atoms with E-state index in [2.05, 4.69) is 4.37 Å². The van der Waals surface area contributed by atoms with E-state index in [1.807, 2.05) is 0 Å². The van der Waals surface area contributed by atoms with Crippen molar-refractivity contribution in [3.05, 3.63) is 11.8 Å². The standard InChI is InChI=1S/C7H10N2O2S/c1-4(2)11-7(10)5-3-6(8)12-9-5/h3-4H,8H2,1-2H3. The quantitative estimate of drug-likeness (QED) is 0.707. The normalized spacial score (nSPS) is 10.2. The highest BCUT2D eigenvalue weighted by Crippen LogP contribution is 2.12. The second-order valence-corrected chi connectivity index (χ2v) is 3.41. The highest BCUT2D eigenvalue weighted by Gasteiger charge is 2.12. The first-order chi connectivity index (χ1) is 5.59. The van der Waals surface area contributed by atoms with Gasteiger partial charge < -0.3 is 10.5 Å². The van der Waals surface area contributed by atoms with E-state index in [0.717, 1.165) is 11.5 Å². The summed E-state index contributed by atoms with van der Waals surface area (Å²) in [6.07, 6.45) is -0.125. The summed E-state index contributed by atoms with van der Waals surface area (Å²) in [5, 5.41) is 0.519. The van der Waals surface area contributed by atoms with Crippen molar-refractivity contribution in [1.82, 2.24) is 4.37 Å². The van der Waals surface area contributed by atoms with Gasteiger partial charge in [-0.05, 0) is 25.4 Å². The fourth-order valence-corrected chi connectivity index (χ4v) is 1.16. The van der Waals surface area contributed by atoms with Gasteiger partial charge >= 0.3 is 5.97 Å². The first kappa shape index (κ1) is 8.99. The molecule has 0 bridgehead atoms. The largest absolute Gasteiger partial charge is 0.458 e. The number of nitrogens with zero attached hydrogens (tertiary/aromatic N) is 1. The Morgan fingerprint density at radius 1 is 1.75 bits per heavy atom. The number of rotatable bonds is 2. The highest BCUT2D eigenvalue weighted by molar-refractivity contribution is 7.10. The van der Waals surface area contributed by atoms with Crippen molar-refractivity contribution in [1.29, 1.82) is 0 Å². The molecule has 1 rings (SSSR count). The van der Waals surface area contributed by atoms with Crippen molar-refractivity contribution < 1.29 is 9.53 Å². The zero-order valence-corrected chi connectivity index (χ0v) is 7.72. The smallest absolute Gasteiger partial charge is 0.358 e. The molecule has 0 atom stereocenters. The van der Waals surface area contributed by atoms with E-state index < -0.39 is 5.97 Å². The van der Waals surface area contributed by atoms with Crippen LogP contribution in [-0.4, -0.2) is 16.4 Å². The molecular formula is C7H10N2O2S. The molecule has 0 aliphatic carbocycles. The number of carbonyl (C=O) groups excluding carboxylic acids is 1. The number of esters is 1. The van der Waals surface area contributed by atoms with Crippen LogP contribution >= 0.6 is 11.5 Å². The molecule has 66 valence electrons. The van der Waals surface area contributed by atoms with Crippen molar-refractivity contribution in [2.24, 2.45) is 0 Å². The third-order valence-electron chi connectivity index (χ3n) is 1.08. The van der Waals surface area contributed by atoms with Gasteiger partial charge in [-0.3, -0.25) is 0 Å². The van der Waals surface area contributed by atoms with Crippen molar-refractivity contribution in [2.75, 3.05) is 5.73 Å². The van der Waals surface area contributed by atoms with Crippen LogP contribution in [0.15, 0.2) is 6.07 Å². The van der Waals surface area contributed by atoms with Crippen LogP contribution in [0.2, 0.25) is 0 Å². The second-order valence-electron chi connectivity index (χ2n) is 2.57. The molecule has 0 amide bonds. The average molecular weight is 186 g/mol. The van der Waals surface area contributed by atoms with Crippen LogP contribution in [0.5, 0.6) is 0 Å². The van der Waals surface area contributed by atoms with Crippen molar-refractivity contribution in [3.8, 4) is 0 Å². The molecule has 0 fully saturated rings. The molecule has 0 aliphatic heterocycles. The summed E-state index contributed by atoms with van der Waals surface area (Å²) < 4.78 is 8.71. The predicted octanol–water partition coefficient (Wildman–Crippen LogP) is 1.29. The maximum absolute atomic E-state index is 11.1. The number of hydrogen-bond donors (Lipinski definition) is 1. The molecule has 12 heavy (non-hydrogen) atoms. The SMILES string of the molecule is CC(C)OC(=O)c1cc(N)sn1. The number of nitrogens with two attached hydrogens (primary N) is 1. The van der Waals surface area contributed by atoms with Crippen LogP contribution in [-0.2, 0) is 4.74 Å². The van der Waals surface area contributed by atoms with Gasteiger partial charge in [-0.2, -0.15) is 4.37 Å². The number of carbonyl (C=O) groups is 1. The van der Waals surface area contributed by atoms with Gasteiger partial charge in [-0.1, -0.05) is 0 Å². The zero-order valence-electron chi connectivity index (χ0n) is 6.90. The van der Waals surface area contributed by atoms with Crippen LogP contribution in [0.3, 0.4) is 0 Å². The number of nitrogen functional groups attached to an aromatic ring is 1. The molecule has 0 radical (unpaired) electrons. The Morgan fingerprint density at radius 3 is 2.83 bits per heavy atom. The van der Waals surface area contributed by atoms with Crippen LogP contribution in [0.25, 0.3) is 0 Å². The Kier molecular flexibility index (Phi) is 2.65. The summed E-state index contributed by atoms with van der Waals surface area (Å²) in [5.41, 5.74) is 5.68. The topological polar surface area (TPSA) is 65.2 Å². The summed E-state index contributed by atoms with van der Waals surface area (Å²) in [7, 11) is 0. The minimum atomic E-state index is -0.419. The van der Waals surface area contributed by atoms with Crippen LogP contribution in [0, 0.1) is 0 Å². The third kappa shape index (κ3) is 2.20. The van der Waals surface area contributed by atoms with Gasteiger partial charge in [0.15, 0.2) is 5.69 Å². The van der Waals surface area contributed by atoms with Gasteiger partial charge in [0.25, 0.3) is 0 Å². The van der Waals surface area contributed by atoms with Crippen LogP contribution in [0.1, 0.15) is 24.3 Å². The number of ether oxygens (including phenoxy) is 1. The molecule has 0 saturated heterocycles. The lowest BCUT2D eigenvalue weighted by Gasteiger charge is -2.04. The Bertz CT molecular complexity index is 283. The lowest BCUT2D eigenvalue weighted by molar-refractivity contribution is 0.0372. The molecule has 1 aromatic rings. The van der Waals surface area contributed by atoms with E-state index in [1.54, 1.807) is 13.8 Å². The van der Waals surface area contributed by atoms with Gasteiger partial charge in [-0.25, -0.2) is 4.79 Å². The zero-order chi connectivity index (χ0) is 9.14. The molecule has 2 N–H and O–H groups in total. The Balaban J connectivity index is 2.65. The molecule has 1 aromatic heterocycles. The maximum atomic E-state index is 11.1. The van der Waals surface area contributed by atoms with Gasteiger partial charge in [0.2, 0.25) is 0 Å². The molecule has 1 heterocycles. The van der Waals surface area contributed by atoms with E-state index in [1.165, 1.54) is 6.07 Å². The summed E-state index contributed by atoms with van der Waals surface area (Å²) >= 11 is 1.09. The van der Waals surface area contributed by atoms with Crippen molar-refractivity contribution >= 4 is 22.5 Å². The number of aromatic nitrogens is 1. The fourth-order valence-electron chi connectivity index (χ4n) is 0.660. The number of anilines is 1. The fraction of sp³-hybridized carbons (Fsp3) is 0.429. The van der Waals surface area contributed by atoms with Gasteiger partial charge in [0.05, 0.1) is 6.10 Å². The van der Waals surface area contributed by atoms with Gasteiger partial charge in [0, 0.05) is 6.07 Å². The Hall–Kier alpha value is -1.10. The van der Waals surface area contributed by atoms with Crippen molar-refractivity contribution in [3.63, 3.8) is 0 Å².